The lowest BCUT2D eigenvalue weighted by molar-refractivity contribution is 0.0528. The predicted octanol–water partition coefficient (Wildman–Crippen LogP) is 4.50. The fourth-order valence-corrected chi connectivity index (χ4v) is 3.08. The second-order valence-corrected chi connectivity index (χ2v) is 6.86. The van der Waals surface area contributed by atoms with Crippen LogP contribution >= 0.6 is 11.6 Å². The van der Waals surface area contributed by atoms with Gasteiger partial charge in [0, 0.05) is 18.0 Å². The van der Waals surface area contributed by atoms with Crippen LogP contribution in [0.1, 0.15) is 48.7 Å². The van der Waals surface area contributed by atoms with Gasteiger partial charge in [0.1, 0.15) is 22.4 Å². The van der Waals surface area contributed by atoms with Crippen molar-refractivity contribution in [1.82, 2.24) is 14.6 Å². The molecule has 0 amide bonds. The number of hydrogen-bond acceptors (Lipinski definition) is 5. The van der Waals surface area contributed by atoms with E-state index >= 15 is 0 Å². The second-order valence-electron chi connectivity index (χ2n) is 6.50. The first-order valence-corrected chi connectivity index (χ1v) is 9.56. The molecule has 8 heteroatoms. The average Bonchev–Trinajstić information content (AvgIpc) is 3.08. The van der Waals surface area contributed by atoms with Crippen LogP contribution in [0.4, 0.5) is 10.2 Å². The molecule has 0 fully saturated rings. The van der Waals surface area contributed by atoms with Gasteiger partial charge in [0.2, 0.25) is 0 Å². The predicted molar refractivity (Wildman–Crippen MR) is 107 cm³/mol. The zero-order valence-corrected chi connectivity index (χ0v) is 16.8. The maximum atomic E-state index is 13.6. The Morgan fingerprint density at radius 2 is 2.18 bits per heavy atom. The van der Waals surface area contributed by atoms with Crippen molar-refractivity contribution in [1.29, 1.82) is 0 Å². The number of carbonyl (C=O) groups is 1. The molecule has 0 aliphatic rings. The molecule has 2 aromatic heterocycles. The van der Waals surface area contributed by atoms with Crippen LogP contribution in [0.25, 0.3) is 5.65 Å². The van der Waals surface area contributed by atoms with Gasteiger partial charge in [0.15, 0.2) is 5.65 Å². The van der Waals surface area contributed by atoms with E-state index in [1.807, 2.05) is 13.0 Å². The number of hydrogen-bond donors (Lipinski definition) is 1. The Balaban J connectivity index is 2.15. The van der Waals surface area contributed by atoms with E-state index in [4.69, 9.17) is 16.3 Å². The molecule has 0 radical (unpaired) electrons. The van der Waals surface area contributed by atoms with Gasteiger partial charge in [-0.25, -0.2) is 14.2 Å². The van der Waals surface area contributed by atoms with E-state index in [9.17, 15) is 9.18 Å². The Morgan fingerprint density at radius 3 is 2.86 bits per heavy atom. The number of benzene rings is 1. The van der Waals surface area contributed by atoms with Crippen LogP contribution in [-0.4, -0.2) is 33.2 Å². The molecule has 0 saturated heterocycles. The van der Waals surface area contributed by atoms with Crippen LogP contribution in [0.3, 0.4) is 0 Å². The number of fused-ring (bicyclic) bond motifs is 1. The lowest BCUT2D eigenvalue weighted by Crippen LogP contribution is -2.19. The maximum Gasteiger partial charge on any atom is 0.343 e. The SMILES string of the molecule is CCOC(=O)c1cnn2c(NC(C)CC)c(Cc3cccc(F)c3)c(Cl)nc12. The van der Waals surface area contributed by atoms with E-state index < -0.39 is 5.97 Å². The van der Waals surface area contributed by atoms with Crippen molar-refractivity contribution < 1.29 is 13.9 Å². The molecular weight excluding hydrogens is 383 g/mol. The van der Waals surface area contributed by atoms with Gasteiger partial charge < -0.3 is 10.1 Å². The summed E-state index contributed by atoms with van der Waals surface area (Å²) in [6.07, 6.45) is 2.66. The van der Waals surface area contributed by atoms with E-state index in [0.717, 1.165) is 12.0 Å². The van der Waals surface area contributed by atoms with Crippen LogP contribution < -0.4 is 5.32 Å². The molecule has 0 bridgehead atoms. The molecule has 148 valence electrons. The molecule has 3 rings (SSSR count). The fourth-order valence-electron chi connectivity index (χ4n) is 2.84. The van der Waals surface area contributed by atoms with Crippen molar-refractivity contribution in [3.63, 3.8) is 0 Å². The summed E-state index contributed by atoms with van der Waals surface area (Å²) in [6, 6.07) is 6.45. The molecule has 6 nitrogen and oxygen atoms in total. The Labute approximate surface area is 167 Å². The van der Waals surface area contributed by atoms with Crippen LogP contribution in [-0.2, 0) is 11.2 Å². The Morgan fingerprint density at radius 1 is 1.39 bits per heavy atom. The highest BCUT2D eigenvalue weighted by molar-refractivity contribution is 6.30. The molecule has 1 aromatic carbocycles. The largest absolute Gasteiger partial charge is 0.462 e. The number of ether oxygens (including phenoxy) is 1. The summed E-state index contributed by atoms with van der Waals surface area (Å²) in [5, 5.41) is 7.95. The Hall–Kier alpha value is -2.67. The van der Waals surface area contributed by atoms with Crippen molar-refractivity contribution in [2.45, 2.75) is 39.7 Å². The molecule has 1 unspecified atom stereocenters. The minimum Gasteiger partial charge on any atom is -0.462 e. The zero-order valence-electron chi connectivity index (χ0n) is 16.0. The molecule has 0 saturated carbocycles. The van der Waals surface area contributed by atoms with Crippen LogP contribution in [0.2, 0.25) is 5.15 Å². The molecule has 0 spiro atoms. The summed E-state index contributed by atoms with van der Waals surface area (Å²) in [7, 11) is 0. The van der Waals surface area contributed by atoms with Crippen molar-refractivity contribution >= 4 is 29.0 Å². The van der Waals surface area contributed by atoms with Crippen molar-refractivity contribution in [3.8, 4) is 0 Å². The van der Waals surface area contributed by atoms with E-state index in [1.165, 1.54) is 18.3 Å². The highest BCUT2D eigenvalue weighted by atomic mass is 35.5. The number of nitrogens with zero attached hydrogens (tertiary/aromatic N) is 3. The van der Waals surface area contributed by atoms with Crippen molar-refractivity contribution in [2.75, 3.05) is 11.9 Å². The highest BCUT2D eigenvalue weighted by Crippen LogP contribution is 2.29. The molecular formula is C20H22ClFN4O2. The molecule has 0 aliphatic heterocycles. The van der Waals surface area contributed by atoms with Crippen LogP contribution in [0.5, 0.6) is 0 Å². The number of carbonyl (C=O) groups excluding carboxylic acids is 1. The average molecular weight is 405 g/mol. The van der Waals surface area contributed by atoms with Gasteiger partial charge in [0.05, 0.1) is 12.8 Å². The van der Waals surface area contributed by atoms with Crippen molar-refractivity contribution in [2.24, 2.45) is 0 Å². The maximum absolute atomic E-state index is 13.6. The molecule has 2 heterocycles. The first-order chi connectivity index (χ1) is 13.4. The lowest BCUT2D eigenvalue weighted by atomic mass is 10.1. The third-order valence-electron chi connectivity index (χ3n) is 4.46. The zero-order chi connectivity index (χ0) is 20.3. The smallest absolute Gasteiger partial charge is 0.343 e. The summed E-state index contributed by atoms with van der Waals surface area (Å²) < 4.78 is 20.3. The van der Waals surface area contributed by atoms with Gasteiger partial charge in [-0.2, -0.15) is 9.61 Å². The van der Waals surface area contributed by atoms with Crippen molar-refractivity contribution in [3.05, 3.63) is 58.1 Å². The van der Waals surface area contributed by atoms with Gasteiger partial charge >= 0.3 is 5.97 Å². The summed E-state index contributed by atoms with van der Waals surface area (Å²) in [5.74, 6) is -0.194. The second kappa shape index (κ2) is 8.56. The lowest BCUT2D eigenvalue weighted by Gasteiger charge is -2.19. The Bertz CT molecular complexity index is 1010. The number of rotatable bonds is 7. The van der Waals surface area contributed by atoms with E-state index in [-0.39, 0.29) is 29.2 Å². The van der Waals surface area contributed by atoms with Crippen LogP contribution in [0, 0.1) is 5.82 Å². The van der Waals surface area contributed by atoms with Gasteiger partial charge in [-0.15, -0.1) is 0 Å². The van der Waals surface area contributed by atoms with Crippen LogP contribution in [0.15, 0.2) is 30.5 Å². The summed E-state index contributed by atoms with van der Waals surface area (Å²) in [4.78, 5) is 16.6. The van der Waals surface area contributed by atoms with E-state index in [0.29, 0.717) is 23.4 Å². The third-order valence-corrected chi connectivity index (χ3v) is 4.77. The number of esters is 1. The minimum atomic E-state index is -0.506. The summed E-state index contributed by atoms with van der Waals surface area (Å²) >= 11 is 6.50. The van der Waals surface area contributed by atoms with Gasteiger partial charge in [0.25, 0.3) is 0 Å². The van der Waals surface area contributed by atoms with E-state index in [1.54, 1.807) is 17.5 Å². The topological polar surface area (TPSA) is 68.5 Å². The monoisotopic (exact) mass is 404 g/mol. The molecule has 28 heavy (non-hydrogen) atoms. The Kier molecular flexibility index (Phi) is 6.14. The molecule has 3 aromatic rings. The first-order valence-electron chi connectivity index (χ1n) is 9.18. The molecule has 1 N–H and O–H groups in total. The molecule has 0 aliphatic carbocycles. The first kappa shape index (κ1) is 20.1. The third kappa shape index (κ3) is 4.09. The highest BCUT2D eigenvalue weighted by Gasteiger charge is 2.22. The normalized spacial score (nSPS) is 12.2. The van der Waals surface area contributed by atoms with Gasteiger partial charge in [-0.3, -0.25) is 0 Å². The number of nitrogens with one attached hydrogen (secondary N) is 1. The van der Waals surface area contributed by atoms with E-state index in [2.05, 4.69) is 22.3 Å². The minimum absolute atomic E-state index is 0.128. The quantitative estimate of drug-likeness (QED) is 0.464. The van der Waals surface area contributed by atoms with Gasteiger partial charge in [-0.1, -0.05) is 30.7 Å². The summed E-state index contributed by atoms with van der Waals surface area (Å²) in [6.45, 7) is 6.06. The number of anilines is 1. The fraction of sp³-hybridized carbons (Fsp3) is 0.350. The van der Waals surface area contributed by atoms with Gasteiger partial charge in [-0.05, 0) is 38.0 Å². The summed E-state index contributed by atoms with van der Waals surface area (Å²) in [5.41, 5.74) is 2.00. The molecule has 1 atom stereocenters. The number of halogens is 2. The number of aromatic nitrogens is 3. The standard InChI is InChI=1S/C20H22ClFN4O2/c1-4-12(3)24-18-15(10-13-7-6-8-14(22)9-13)17(21)25-19-16(11-23-26(18)19)20(27)28-5-2/h6-9,11-12,24H,4-5,10H2,1-3H3.